The lowest BCUT2D eigenvalue weighted by Crippen LogP contribution is -2.54. The number of primary amides is 1. The van der Waals surface area contributed by atoms with Crippen molar-refractivity contribution in [2.75, 3.05) is 11.9 Å². The van der Waals surface area contributed by atoms with E-state index in [1.165, 1.54) is 6.92 Å². The zero-order chi connectivity index (χ0) is 29.8. The van der Waals surface area contributed by atoms with Crippen LogP contribution in [-0.4, -0.2) is 59.3 Å². The zero-order valence-electron chi connectivity index (χ0n) is 23.4. The lowest BCUT2D eigenvalue weighted by Gasteiger charge is -2.26. The fourth-order valence-corrected chi connectivity index (χ4v) is 3.32. The van der Waals surface area contributed by atoms with Crippen LogP contribution in [-0.2, 0) is 25.7 Å². The second-order valence-electron chi connectivity index (χ2n) is 10.2. The summed E-state index contributed by atoms with van der Waals surface area (Å²) in [4.78, 5) is 60.5. The van der Waals surface area contributed by atoms with Crippen molar-refractivity contribution in [3.8, 4) is 0 Å². The van der Waals surface area contributed by atoms with Crippen LogP contribution in [0.4, 0.5) is 15.3 Å². The van der Waals surface area contributed by atoms with Gasteiger partial charge in [-0.05, 0) is 57.2 Å². The number of nitrogens with two attached hydrogens (primary N) is 1. The highest BCUT2D eigenvalue weighted by Gasteiger charge is 2.28. The summed E-state index contributed by atoms with van der Waals surface area (Å²) in [6.45, 7) is 10.7. The molecule has 218 valence electrons. The number of urea groups is 1. The average Bonchev–Trinajstić information content (AvgIpc) is 2.82. The fourth-order valence-electron chi connectivity index (χ4n) is 3.26. The van der Waals surface area contributed by atoms with Gasteiger partial charge in [0.25, 0.3) is 0 Å². The summed E-state index contributed by atoms with van der Waals surface area (Å²) in [5.74, 6) is -1.54. The van der Waals surface area contributed by atoms with Gasteiger partial charge in [0.2, 0.25) is 17.7 Å². The van der Waals surface area contributed by atoms with E-state index < -0.39 is 40.8 Å². The number of carbonyl (C=O) groups excluding carboxylic acids is 5. The third-order valence-electron chi connectivity index (χ3n) is 5.90. The van der Waals surface area contributed by atoms with Crippen LogP contribution in [0.25, 0.3) is 0 Å². The minimum Gasteiger partial charge on any atom is -0.445 e. The van der Waals surface area contributed by atoms with Crippen LogP contribution < -0.4 is 32.3 Å². The van der Waals surface area contributed by atoms with Crippen LogP contribution in [0.1, 0.15) is 59.9 Å². The van der Waals surface area contributed by atoms with E-state index in [1.54, 1.807) is 38.1 Å². The predicted octanol–water partition coefficient (Wildman–Crippen LogP) is 2.04. The maximum Gasteiger partial charge on any atom is 0.407 e. The highest BCUT2D eigenvalue weighted by atomic mass is 32.1. The molecule has 0 spiro atoms. The van der Waals surface area contributed by atoms with Crippen molar-refractivity contribution in [1.29, 1.82) is 0 Å². The standard InChI is InChI=1S/C26H42N6O6S/c1-15(2)21(30-17(4)33)23(35)32-20(8-7-13-28-24(27)36)22(34)31-19-11-9-18(10-12-19)14-38-25(37)29-16(3)26(5,6)39/h9-12,15-16,20-21,39H,7-8,13-14H2,1-6H3,(H,29,37)(H,30,33)(H,31,34)(H,32,35)(H3,27,28,36)/t16-,20+,21+/m1/s1. The van der Waals surface area contributed by atoms with Crippen molar-refractivity contribution >= 4 is 48.2 Å². The van der Waals surface area contributed by atoms with Crippen LogP contribution in [0.5, 0.6) is 0 Å². The number of nitrogens with one attached hydrogen (secondary N) is 5. The minimum absolute atomic E-state index is 0.0328. The van der Waals surface area contributed by atoms with Gasteiger partial charge in [-0.25, -0.2) is 9.59 Å². The molecule has 0 saturated heterocycles. The Hall–Kier alpha value is -3.48. The second-order valence-corrected chi connectivity index (χ2v) is 11.4. The molecule has 39 heavy (non-hydrogen) atoms. The lowest BCUT2D eigenvalue weighted by molar-refractivity contribution is -0.131. The van der Waals surface area contributed by atoms with Gasteiger partial charge >= 0.3 is 12.1 Å². The molecule has 0 aromatic heterocycles. The summed E-state index contributed by atoms with van der Waals surface area (Å²) in [6.07, 6.45) is 0.0193. The Labute approximate surface area is 235 Å². The Kier molecular flexibility index (Phi) is 13.6. The number of thiol groups is 1. The molecule has 0 aliphatic carbocycles. The molecule has 0 fully saturated rings. The number of anilines is 1. The smallest absolute Gasteiger partial charge is 0.407 e. The molecule has 6 amide bonds. The van der Waals surface area contributed by atoms with E-state index in [2.05, 4.69) is 39.2 Å². The number of alkyl carbamates (subject to hydrolysis) is 1. The van der Waals surface area contributed by atoms with Crippen molar-refractivity contribution in [1.82, 2.24) is 21.3 Å². The van der Waals surface area contributed by atoms with E-state index in [0.717, 1.165) is 0 Å². The Bertz CT molecular complexity index is 996. The van der Waals surface area contributed by atoms with Crippen LogP contribution >= 0.6 is 12.6 Å². The SMILES string of the molecule is CC(=O)N[C@H](C(=O)N[C@@H](CCCNC(N)=O)C(=O)Nc1ccc(COC(=O)N[C@H](C)C(C)(C)S)cc1)C(C)C. The first-order chi connectivity index (χ1) is 18.1. The monoisotopic (exact) mass is 566 g/mol. The van der Waals surface area contributed by atoms with Crippen molar-refractivity contribution in [3.63, 3.8) is 0 Å². The molecule has 1 rings (SSSR count). The molecule has 0 bridgehead atoms. The van der Waals surface area contributed by atoms with Crippen molar-refractivity contribution in [2.45, 2.75) is 83.9 Å². The molecular formula is C26H42N6O6S. The molecule has 13 heteroatoms. The predicted molar refractivity (Wildman–Crippen MR) is 152 cm³/mol. The first kappa shape index (κ1) is 33.5. The number of amides is 6. The first-order valence-electron chi connectivity index (χ1n) is 12.8. The van der Waals surface area contributed by atoms with Crippen LogP contribution in [0, 0.1) is 5.92 Å². The van der Waals surface area contributed by atoms with Crippen molar-refractivity contribution in [2.24, 2.45) is 11.7 Å². The molecule has 0 aliphatic rings. The van der Waals surface area contributed by atoms with E-state index in [1.807, 2.05) is 20.8 Å². The van der Waals surface area contributed by atoms with Crippen molar-refractivity contribution in [3.05, 3.63) is 29.8 Å². The molecule has 1 aromatic rings. The first-order valence-corrected chi connectivity index (χ1v) is 13.2. The highest BCUT2D eigenvalue weighted by molar-refractivity contribution is 7.81. The minimum atomic E-state index is -0.938. The van der Waals surface area contributed by atoms with Gasteiger partial charge < -0.3 is 37.1 Å². The summed E-state index contributed by atoms with van der Waals surface area (Å²) < 4.78 is 4.84. The second kappa shape index (κ2) is 15.8. The average molecular weight is 567 g/mol. The molecule has 1 aromatic carbocycles. The molecular weight excluding hydrogens is 524 g/mol. The third-order valence-corrected chi connectivity index (χ3v) is 6.28. The van der Waals surface area contributed by atoms with Crippen LogP contribution in [0.2, 0.25) is 0 Å². The molecule has 0 heterocycles. The van der Waals surface area contributed by atoms with Gasteiger partial charge in [-0.2, -0.15) is 12.6 Å². The maximum absolute atomic E-state index is 13.1. The van der Waals surface area contributed by atoms with Crippen LogP contribution in [0.3, 0.4) is 0 Å². The molecule has 12 nitrogen and oxygen atoms in total. The molecule has 0 saturated carbocycles. The Morgan fingerprint density at radius 3 is 2.10 bits per heavy atom. The topological polar surface area (TPSA) is 181 Å². The highest BCUT2D eigenvalue weighted by Crippen LogP contribution is 2.17. The number of ether oxygens (including phenoxy) is 1. The van der Waals surface area contributed by atoms with E-state index in [9.17, 15) is 24.0 Å². The number of hydrogen-bond acceptors (Lipinski definition) is 7. The number of carbonyl (C=O) groups is 5. The van der Waals surface area contributed by atoms with Gasteiger partial charge in [-0.3, -0.25) is 14.4 Å². The van der Waals surface area contributed by atoms with Crippen molar-refractivity contribution < 1.29 is 28.7 Å². The molecule has 7 N–H and O–H groups in total. The van der Waals surface area contributed by atoms with Crippen LogP contribution in [0.15, 0.2) is 24.3 Å². The lowest BCUT2D eigenvalue weighted by atomic mass is 10.0. The summed E-state index contributed by atoms with van der Waals surface area (Å²) in [5, 5.41) is 13.2. The van der Waals surface area contributed by atoms with Gasteiger partial charge in [0.05, 0.1) is 0 Å². The Morgan fingerprint density at radius 1 is 0.974 bits per heavy atom. The molecule has 0 unspecified atom stereocenters. The normalized spacial score (nSPS) is 13.4. The Balaban J connectivity index is 2.82. The van der Waals surface area contributed by atoms with E-state index in [0.29, 0.717) is 17.7 Å². The largest absolute Gasteiger partial charge is 0.445 e. The van der Waals surface area contributed by atoms with Gasteiger partial charge in [0, 0.05) is 29.9 Å². The number of benzene rings is 1. The molecule has 0 aliphatic heterocycles. The van der Waals surface area contributed by atoms with Gasteiger partial charge in [-0.1, -0.05) is 26.0 Å². The summed E-state index contributed by atoms with van der Waals surface area (Å²) in [7, 11) is 0. The summed E-state index contributed by atoms with van der Waals surface area (Å²) in [5.41, 5.74) is 6.26. The quantitative estimate of drug-likeness (QED) is 0.134. The van der Waals surface area contributed by atoms with E-state index >= 15 is 0 Å². The summed E-state index contributed by atoms with van der Waals surface area (Å²) in [6, 6.07) is 4.04. The molecule has 0 radical (unpaired) electrons. The fraction of sp³-hybridized carbons (Fsp3) is 0.577. The van der Waals surface area contributed by atoms with Gasteiger partial charge in [0.1, 0.15) is 18.7 Å². The summed E-state index contributed by atoms with van der Waals surface area (Å²) >= 11 is 4.43. The van der Waals surface area contributed by atoms with Gasteiger partial charge in [-0.15, -0.1) is 0 Å². The third kappa shape index (κ3) is 13.2. The zero-order valence-corrected chi connectivity index (χ0v) is 24.3. The van der Waals surface area contributed by atoms with E-state index in [4.69, 9.17) is 10.5 Å². The Morgan fingerprint density at radius 2 is 1.59 bits per heavy atom. The number of hydrogen-bond donors (Lipinski definition) is 7. The van der Waals surface area contributed by atoms with E-state index in [-0.39, 0.29) is 37.4 Å². The molecule has 3 atom stereocenters. The van der Waals surface area contributed by atoms with Gasteiger partial charge in [0.15, 0.2) is 0 Å². The maximum atomic E-state index is 13.1. The number of rotatable bonds is 14.